The quantitative estimate of drug-likeness (QED) is 0.579. The summed E-state index contributed by atoms with van der Waals surface area (Å²) in [6, 6.07) is 5.51. The van der Waals surface area contributed by atoms with Gasteiger partial charge in [0.2, 0.25) is 0 Å². The van der Waals surface area contributed by atoms with Crippen LogP contribution in [-0.4, -0.2) is 0 Å². The van der Waals surface area contributed by atoms with Crippen molar-refractivity contribution < 1.29 is 0 Å². The van der Waals surface area contributed by atoms with Crippen LogP contribution in [0.25, 0.3) is 0 Å². The highest BCUT2D eigenvalue weighted by Crippen LogP contribution is 2.32. The maximum atomic E-state index is 8.80. The van der Waals surface area contributed by atoms with E-state index in [4.69, 9.17) is 21.5 Å². The monoisotopic (exact) mass is 170 g/mol. The second kappa shape index (κ2) is 3.01. The highest BCUT2D eigenvalue weighted by Gasteiger charge is 2.36. The van der Waals surface area contributed by atoms with Crippen LogP contribution in [0, 0.1) is 39.4 Å². The van der Waals surface area contributed by atoms with Crippen molar-refractivity contribution in [2.75, 3.05) is 0 Å². The first-order valence-electron chi connectivity index (χ1n) is 3.59. The zero-order chi connectivity index (χ0) is 9.90. The minimum absolute atomic E-state index is 0.0579. The Bertz CT molecular complexity index is 394. The second-order valence-corrected chi connectivity index (χ2v) is 2.67. The van der Waals surface area contributed by atoms with Crippen molar-refractivity contribution in [3.63, 3.8) is 0 Å². The molecule has 13 heavy (non-hydrogen) atoms. The fourth-order valence-electron chi connectivity index (χ4n) is 1.12. The van der Waals surface area contributed by atoms with Crippen LogP contribution in [0.15, 0.2) is 23.4 Å². The van der Waals surface area contributed by atoms with Crippen LogP contribution in [0.1, 0.15) is 6.42 Å². The van der Waals surface area contributed by atoms with E-state index in [0.717, 1.165) is 0 Å². The lowest BCUT2D eigenvalue weighted by atomic mass is 9.79. The molecule has 0 aliphatic heterocycles. The van der Waals surface area contributed by atoms with Gasteiger partial charge in [0.15, 0.2) is 5.41 Å². The molecule has 0 saturated carbocycles. The first-order valence-corrected chi connectivity index (χ1v) is 3.59. The van der Waals surface area contributed by atoms with Gasteiger partial charge in [-0.1, -0.05) is 6.08 Å². The molecule has 1 aliphatic rings. The third kappa shape index (κ3) is 1.13. The van der Waals surface area contributed by atoms with E-state index >= 15 is 0 Å². The number of nitrogens with zero attached hydrogens (tertiary/aromatic N) is 3. The van der Waals surface area contributed by atoms with E-state index in [1.807, 2.05) is 18.2 Å². The van der Waals surface area contributed by atoms with Crippen molar-refractivity contribution in [1.82, 2.24) is 0 Å². The van der Waals surface area contributed by atoms with Crippen molar-refractivity contribution in [2.24, 2.45) is 11.1 Å². The van der Waals surface area contributed by atoms with Gasteiger partial charge < -0.3 is 5.73 Å². The van der Waals surface area contributed by atoms with Crippen LogP contribution in [0.2, 0.25) is 0 Å². The van der Waals surface area contributed by atoms with Crippen LogP contribution < -0.4 is 5.73 Å². The molecule has 0 aromatic carbocycles. The number of hydrogen-bond donors (Lipinski definition) is 1. The number of nitriles is 3. The molecule has 1 aliphatic carbocycles. The second-order valence-electron chi connectivity index (χ2n) is 2.67. The Morgan fingerprint density at radius 1 is 1.31 bits per heavy atom. The van der Waals surface area contributed by atoms with E-state index < -0.39 is 5.41 Å². The normalized spacial score (nSPS) is 18.5. The van der Waals surface area contributed by atoms with Crippen LogP contribution >= 0.6 is 0 Å². The number of rotatable bonds is 0. The SMILES string of the molecule is N#CC1=C(N)C(C#N)(C#N)CC=C1. The molecule has 4 nitrogen and oxygen atoms in total. The summed E-state index contributed by atoms with van der Waals surface area (Å²) < 4.78 is 0. The summed E-state index contributed by atoms with van der Waals surface area (Å²) in [6.07, 6.45) is 3.39. The van der Waals surface area contributed by atoms with Gasteiger partial charge in [-0.15, -0.1) is 0 Å². The number of hydrogen-bond acceptors (Lipinski definition) is 4. The Labute approximate surface area is 75.8 Å². The Balaban J connectivity index is 3.33. The number of nitrogens with two attached hydrogens (primary N) is 1. The molecular weight excluding hydrogens is 164 g/mol. The van der Waals surface area contributed by atoms with E-state index in [2.05, 4.69) is 0 Å². The average molecular weight is 170 g/mol. The fraction of sp³-hybridized carbons (Fsp3) is 0.222. The van der Waals surface area contributed by atoms with Gasteiger partial charge in [-0.2, -0.15) is 15.8 Å². The third-order valence-corrected chi connectivity index (χ3v) is 1.96. The largest absolute Gasteiger partial charge is 0.399 e. The van der Waals surface area contributed by atoms with Gasteiger partial charge in [-0.05, 0) is 6.08 Å². The summed E-state index contributed by atoms with van der Waals surface area (Å²) in [5, 5.41) is 26.2. The molecule has 0 heterocycles. The van der Waals surface area contributed by atoms with E-state index in [0.29, 0.717) is 0 Å². The Morgan fingerprint density at radius 2 is 1.92 bits per heavy atom. The molecule has 2 N–H and O–H groups in total. The maximum Gasteiger partial charge on any atom is 0.187 e. The molecule has 0 saturated heterocycles. The smallest absolute Gasteiger partial charge is 0.187 e. The van der Waals surface area contributed by atoms with Crippen LogP contribution in [0.4, 0.5) is 0 Å². The van der Waals surface area contributed by atoms with Gasteiger partial charge in [-0.3, -0.25) is 0 Å². The Hall–Kier alpha value is -2.25. The standard InChI is InChI=1S/C9H6N4/c10-4-7-2-1-3-9(5-11,6-12)8(7)13/h1-2H,3,13H2. The third-order valence-electron chi connectivity index (χ3n) is 1.96. The minimum Gasteiger partial charge on any atom is -0.399 e. The first kappa shape index (κ1) is 8.84. The average Bonchev–Trinajstić information content (AvgIpc) is 2.19. The lowest BCUT2D eigenvalue weighted by Gasteiger charge is -2.20. The van der Waals surface area contributed by atoms with Gasteiger partial charge in [0.05, 0.1) is 23.4 Å². The van der Waals surface area contributed by atoms with E-state index in [1.54, 1.807) is 6.08 Å². The van der Waals surface area contributed by atoms with Crippen molar-refractivity contribution in [3.05, 3.63) is 23.4 Å². The molecule has 0 radical (unpaired) electrons. The summed E-state index contributed by atoms with van der Waals surface area (Å²) >= 11 is 0. The van der Waals surface area contributed by atoms with Crippen molar-refractivity contribution in [1.29, 1.82) is 15.8 Å². The maximum absolute atomic E-state index is 8.80. The predicted molar refractivity (Wildman–Crippen MR) is 44.2 cm³/mol. The highest BCUT2D eigenvalue weighted by atomic mass is 14.7. The fourth-order valence-corrected chi connectivity index (χ4v) is 1.12. The zero-order valence-corrected chi connectivity index (χ0v) is 6.78. The van der Waals surface area contributed by atoms with E-state index in [1.165, 1.54) is 6.08 Å². The lowest BCUT2D eigenvalue weighted by Crippen LogP contribution is -2.27. The molecule has 62 valence electrons. The summed E-state index contributed by atoms with van der Waals surface area (Å²) in [5.74, 6) is 0. The molecule has 4 heteroatoms. The van der Waals surface area contributed by atoms with E-state index in [9.17, 15) is 0 Å². The molecule has 0 fully saturated rings. The zero-order valence-electron chi connectivity index (χ0n) is 6.78. The number of allylic oxidation sites excluding steroid dienone is 4. The molecular formula is C9H6N4. The molecule has 1 rings (SSSR count). The molecule has 0 unspecified atom stereocenters. The van der Waals surface area contributed by atoms with Gasteiger partial charge in [0.25, 0.3) is 0 Å². The van der Waals surface area contributed by atoms with Gasteiger partial charge in [-0.25, -0.2) is 0 Å². The highest BCUT2D eigenvalue weighted by molar-refractivity contribution is 5.48. The minimum atomic E-state index is -1.35. The summed E-state index contributed by atoms with van der Waals surface area (Å²) in [4.78, 5) is 0. The summed E-state index contributed by atoms with van der Waals surface area (Å²) in [6.45, 7) is 0. The molecule has 0 amide bonds. The molecule has 0 bridgehead atoms. The lowest BCUT2D eigenvalue weighted by molar-refractivity contribution is 0.608. The van der Waals surface area contributed by atoms with Crippen molar-refractivity contribution >= 4 is 0 Å². The van der Waals surface area contributed by atoms with Crippen LogP contribution in [-0.2, 0) is 0 Å². The predicted octanol–water partition coefficient (Wildman–Crippen LogP) is 0.716. The van der Waals surface area contributed by atoms with Gasteiger partial charge >= 0.3 is 0 Å². The van der Waals surface area contributed by atoms with Crippen molar-refractivity contribution in [2.45, 2.75) is 6.42 Å². The molecule has 0 spiro atoms. The van der Waals surface area contributed by atoms with Gasteiger partial charge in [0, 0.05) is 6.42 Å². The Kier molecular flexibility index (Phi) is 2.05. The summed E-state index contributed by atoms with van der Waals surface area (Å²) in [5.41, 5.74) is 4.46. The Morgan fingerprint density at radius 3 is 2.38 bits per heavy atom. The molecule has 0 aromatic heterocycles. The van der Waals surface area contributed by atoms with Crippen molar-refractivity contribution in [3.8, 4) is 18.2 Å². The first-order chi connectivity index (χ1) is 6.20. The summed E-state index contributed by atoms with van der Waals surface area (Å²) in [7, 11) is 0. The van der Waals surface area contributed by atoms with E-state index in [-0.39, 0.29) is 17.7 Å². The molecule has 0 atom stereocenters. The van der Waals surface area contributed by atoms with Gasteiger partial charge in [0.1, 0.15) is 6.07 Å². The van der Waals surface area contributed by atoms with Crippen LogP contribution in [0.5, 0.6) is 0 Å². The topological polar surface area (TPSA) is 97.4 Å². The van der Waals surface area contributed by atoms with Crippen LogP contribution in [0.3, 0.4) is 0 Å². The molecule has 0 aromatic rings.